The Morgan fingerprint density at radius 3 is 3.11 bits per heavy atom. The molecule has 2 heterocycles. The molecule has 0 bridgehead atoms. The van der Waals surface area contributed by atoms with Crippen molar-refractivity contribution in [2.75, 3.05) is 6.61 Å². The number of hydrogen-bond donors (Lipinski definition) is 1. The highest BCUT2D eigenvalue weighted by Gasteiger charge is 2.23. The van der Waals surface area contributed by atoms with Crippen molar-refractivity contribution in [2.45, 2.75) is 25.7 Å². The standard InChI is InChI=1S/C15H16N2O2/c1-2-3-11(15-16-6-7-17-15)10-4-5-12-13(18)9-19-14(12)8-10/h4-8,11H,2-3,9H2,1H3,(H,16,17). The molecule has 1 aliphatic heterocycles. The van der Waals surface area contributed by atoms with Crippen molar-refractivity contribution in [1.29, 1.82) is 0 Å². The van der Waals surface area contributed by atoms with Crippen molar-refractivity contribution < 1.29 is 9.53 Å². The molecule has 19 heavy (non-hydrogen) atoms. The Balaban J connectivity index is 1.98. The molecule has 0 radical (unpaired) electrons. The number of imidazole rings is 1. The van der Waals surface area contributed by atoms with Crippen molar-refractivity contribution in [3.8, 4) is 5.75 Å². The van der Waals surface area contributed by atoms with Crippen LogP contribution in [0.4, 0.5) is 0 Å². The maximum absolute atomic E-state index is 11.6. The Kier molecular flexibility index (Phi) is 3.07. The van der Waals surface area contributed by atoms with Gasteiger partial charge in [0.1, 0.15) is 11.6 Å². The van der Waals surface area contributed by atoms with E-state index in [0.717, 1.165) is 24.2 Å². The third-order valence-electron chi connectivity index (χ3n) is 3.49. The molecule has 0 amide bonds. The number of aromatic nitrogens is 2. The van der Waals surface area contributed by atoms with E-state index >= 15 is 0 Å². The first kappa shape index (κ1) is 12.0. The summed E-state index contributed by atoms with van der Waals surface area (Å²) in [5.74, 6) is 1.96. The summed E-state index contributed by atoms with van der Waals surface area (Å²) in [6, 6.07) is 5.85. The van der Waals surface area contributed by atoms with Crippen molar-refractivity contribution >= 4 is 5.78 Å². The average molecular weight is 256 g/mol. The summed E-state index contributed by atoms with van der Waals surface area (Å²) in [4.78, 5) is 19.1. The fraction of sp³-hybridized carbons (Fsp3) is 0.333. The van der Waals surface area contributed by atoms with Crippen LogP contribution in [0.5, 0.6) is 5.75 Å². The number of carbonyl (C=O) groups excluding carboxylic acids is 1. The van der Waals surface area contributed by atoms with Crippen LogP contribution in [-0.4, -0.2) is 22.4 Å². The van der Waals surface area contributed by atoms with E-state index in [1.54, 1.807) is 6.20 Å². The number of nitrogens with one attached hydrogen (secondary N) is 1. The molecule has 1 atom stereocenters. The number of nitrogens with zero attached hydrogens (tertiary/aromatic N) is 1. The average Bonchev–Trinajstić information content (AvgIpc) is 3.06. The predicted octanol–water partition coefficient (Wildman–Crippen LogP) is 2.92. The van der Waals surface area contributed by atoms with Gasteiger partial charge >= 0.3 is 0 Å². The molecular formula is C15H16N2O2. The molecule has 0 saturated carbocycles. The van der Waals surface area contributed by atoms with Gasteiger partial charge in [-0.05, 0) is 24.1 Å². The van der Waals surface area contributed by atoms with Gasteiger partial charge in [0.15, 0.2) is 6.61 Å². The zero-order valence-electron chi connectivity index (χ0n) is 10.8. The van der Waals surface area contributed by atoms with Gasteiger partial charge in [0.2, 0.25) is 5.78 Å². The smallest absolute Gasteiger partial charge is 0.203 e. The zero-order chi connectivity index (χ0) is 13.2. The van der Waals surface area contributed by atoms with Crippen LogP contribution in [0.1, 0.15) is 47.4 Å². The number of hydrogen-bond acceptors (Lipinski definition) is 3. The lowest BCUT2D eigenvalue weighted by Gasteiger charge is -2.15. The second-order valence-electron chi connectivity index (χ2n) is 4.78. The number of fused-ring (bicyclic) bond motifs is 1. The predicted molar refractivity (Wildman–Crippen MR) is 71.6 cm³/mol. The van der Waals surface area contributed by atoms with E-state index in [2.05, 4.69) is 16.9 Å². The Labute approximate surface area is 111 Å². The number of Topliss-reactive ketones (excluding diaryl/α,β-unsaturated/α-hetero) is 1. The minimum Gasteiger partial charge on any atom is -0.485 e. The molecule has 0 spiro atoms. The van der Waals surface area contributed by atoms with Gasteiger partial charge in [-0.25, -0.2) is 4.98 Å². The number of aromatic amines is 1. The maximum Gasteiger partial charge on any atom is 0.203 e. The van der Waals surface area contributed by atoms with Crippen LogP contribution in [0.25, 0.3) is 0 Å². The molecule has 1 aromatic heterocycles. The van der Waals surface area contributed by atoms with Gasteiger partial charge in [-0.1, -0.05) is 19.4 Å². The van der Waals surface area contributed by atoms with Gasteiger partial charge in [0.05, 0.1) is 5.56 Å². The number of rotatable bonds is 4. The van der Waals surface area contributed by atoms with E-state index in [1.807, 2.05) is 24.4 Å². The molecular weight excluding hydrogens is 240 g/mol. The Morgan fingerprint density at radius 2 is 2.37 bits per heavy atom. The van der Waals surface area contributed by atoms with Gasteiger partial charge in [0.25, 0.3) is 0 Å². The molecule has 0 aliphatic carbocycles. The number of carbonyl (C=O) groups is 1. The molecule has 1 unspecified atom stereocenters. The fourth-order valence-electron chi connectivity index (χ4n) is 2.54. The van der Waals surface area contributed by atoms with Crippen molar-refractivity contribution in [3.05, 3.63) is 47.5 Å². The summed E-state index contributed by atoms with van der Waals surface area (Å²) in [7, 11) is 0. The first-order chi connectivity index (χ1) is 9.29. The first-order valence-electron chi connectivity index (χ1n) is 6.59. The highest BCUT2D eigenvalue weighted by atomic mass is 16.5. The number of ether oxygens (including phenoxy) is 1. The lowest BCUT2D eigenvalue weighted by Crippen LogP contribution is -2.03. The van der Waals surface area contributed by atoms with E-state index < -0.39 is 0 Å². The Morgan fingerprint density at radius 1 is 1.47 bits per heavy atom. The van der Waals surface area contributed by atoms with Crippen LogP contribution in [0.15, 0.2) is 30.6 Å². The van der Waals surface area contributed by atoms with Gasteiger partial charge in [-0.2, -0.15) is 0 Å². The van der Waals surface area contributed by atoms with Gasteiger partial charge < -0.3 is 9.72 Å². The topological polar surface area (TPSA) is 55.0 Å². The maximum atomic E-state index is 11.6. The van der Waals surface area contributed by atoms with Crippen molar-refractivity contribution in [1.82, 2.24) is 9.97 Å². The second kappa shape index (κ2) is 4.88. The van der Waals surface area contributed by atoms with Crippen molar-refractivity contribution in [2.24, 2.45) is 0 Å². The van der Waals surface area contributed by atoms with Crippen LogP contribution in [-0.2, 0) is 0 Å². The van der Waals surface area contributed by atoms with Crippen LogP contribution < -0.4 is 4.74 Å². The zero-order valence-corrected chi connectivity index (χ0v) is 10.8. The number of ketones is 1. The molecule has 0 fully saturated rings. The highest BCUT2D eigenvalue weighted by molar-refractivity contribution is 6.02. The van der Waals surface area contributed by atoms with Crippen LogP contribution in [0.2, 0.25) is 0 Å². The third kappa shape index (κ3) is 2.14. The van der Waals surface area contributed by atoms with Crippen LogP contribution in [0.3, 0.4) is 0 Å². The lowest BCUT2D eigenvalue weighted by molar-refractivity contribution is 0.0961. The van der Waals surface area contributed by atoms with Gasteiger partial charge in [-0.3, -0.25) is 4.79 Å². The minimum absolute atomic E-state index is 0.0617. The molecule has 1 aromatic carbocycles. The Bertz CT molecular complexity index is 590. The first-order valence-corrected chi connectivity index (χ1v) is 6.59. The number of benzene rings is 1. The van der Waals surface area contributed by atoms with Crippen LogP contribution >= 0.6 is 0 Å². The van der Waals surface area contributed by atoms with E-state index in [4.69, 9.17) is 4.74 Å². The van der Waals surface area contributed by atoms with E-state index in [9.17, 15) is 4.79 Å². The van der Waals surface area contributed by atoms with Crippen LogP contribution in [0, 0.1) is 0 Å². The minimum atomic E-state index is 0.0617. The summed E-state index contributed by atoms with van der Waals surface area (Å²) in [5, 5.41) is 0. The molecule has 0 saturated heterocycles. The monoisotopic (exact) mass is 256 g/mol. The molecule has 98 valence electrons. The van der Waals surface area contributed by atoms with Gasteiger partial charge in [0, 0.05) is 18.3 Å². The summed E-state index contributed by atoms with van der Waals surface area (Å²) in [5.41, 5.74) is 1.84. The fourth-order valence-corrected chi connectivity index (χ4v) is 2.54. The summed E-state index contributed by atoms with van der Waals surface area (Å²) in [6.07, 6.45) is 5.69. The van der Waals surface area contributed by atoms with E-state index in [-0.39, 0.29) is 18.3 Å². The molecule has 4 nitrogen and oxygen atoms in total. The lowest BCUT2D eigenvalue weighted by atomic mass is 9.92. The summed E-state index contributed by atoms with van der Waals surface area (Å²) < 4.78 is 5.42. The quantitative estimate of drug-likeness (QED) is 0.915. The molecule has 3 rings (SSSR count). The van der Waals surface area contributed by atoms with Gasteiger partial charge in [-0.15, -0.1) is 0 Å². The second-order valence-corrected chi connectivity index (χ2v) is 4.78. The van der Waals surface area contributed by atoms with Crippen molar-refractivity contribution in [3.63, 3.8) is 0 Å². The SMILES string of the molecule is CCCC(c1ccc2c(c1)OCC2=O)c1ncc[nH]1. The highest BCUT2D eigenvalue weighted by Crippen LogP contribution is 2.33. The third-order valence-corrected chi connectivity index (χ3v) is 3.49. The number of H-pyrrole nitrogens is 1. The molecule has 2 aromatic rings. The normalized spacial score (nSPS) is 15.1. The van der Waals surface area contributed by atoms with E-state index in [1.165, 1.54) is 0 Å². The summed E-state index contributed by atoms with van der Waals surface area (Å²) >= 11 is 0. The summed E-state index contributed by atoms with van der Waals surface area (Å²) in [6.45, 7) is 2.32. The molecule has 1 N–H and O–H groups in total. The Hall–Kier alpha value is -2.10. The molecule has 1 aliphatic rings. The van der Waals surface area contributed by atoms with E-state index in [0.29, 0.717) is 11.3 Å². The molecule has 4 heteroatoms. The largest absolute Gasteiger partial charge is 0.485 e.